The minimum Gasteiger partial charge on any atom is -0.293 e. The van der Waals surface area contributed by atoms with Crippen LogP contribution in [0.15, 0.2) is 30.5 Å². The van der Waals surface area contributed by atoms with Gasteiger partial charge in [0.1, 0.15) is 0 Å². The number of hydrogen-bond acceptors (Lipinski definition) is 2. The van der Waals surface area contributed by atoms with Gasteiger partial charge in [-0.25, -0.2) is 0 Å². The maximum Gasteiger partial charge on any atom is 0.0507 e. The van der Waals surface area contributed by atoms with Gasteiger partial charge in [-0.15, -0.1) is 0 Å². The van der Waals surface area contributed by atoms with Gasteiger partial charge in [-0.1, -0.05) is 52.0 Å². The molecule has 124 valence electrons. The SMILES string of the molecule is CCC1CCC(CC)N1Cc1cnc(C(C)C)c2ccccc12. The fourth-order valence-electron chi connectivity index (χ4n) is 4.21. The molecule has 23 heavy (non-hydrogen) atoms. The first kappa shape index (κ1) is 16.4. The predicted octanol–water partition coefficient (Wildman–Crippen LogP) is 5.51. The third-order valence-corrected chi connectivity index (χ3v) is 5.52. The lowest BCUT2D eigenvalue weighted by Crippen LogP contribution is -2.35. The largest absolute Gasteiger partial charge is 0.293 e. The molecule has 3 rings (SSSR count). The van der Waals surface area contributed by atoms with Gasteiger partial charge in [-0.05, 0) is 42.6 Å². The zero-order valence-electron chi connectivity index (χ0n) is 15.0. The molecule has 1 aliphatic heterocycles. The molecule has 0 amide bonds. The van der Waals surface area contributed by atoms with Gasteiger partial charge in [0.15, 0.2) is 0 Å². The van der Waals surface area contributed by atoms with Gasteiger partial charge in [0.2, 0.25) is 0 Å². The van der Waals surface area contributed by atoms with Crippen LogP contribution in [0.3, 0.4) is 0 Å². The Morgan fingerprint density at radius 1 is 1.04 bits per heavy atom. The van der Waals surface area contributed by atoms with Gasteiger partial charge in [0.05, 0.1) is 5.69 Å². The van der Waals surface area contributed by atoms with Gasteiger partial charge in [-0.2, -0.15) is 0 Å². The summed E-state index contributed by atoms with van der Waals surface area (Å²) in [6, 6.07) is 10.3. The van der Waals surface area contributed by atoms with Crippen LogP contribution in [0.2, 0.25) is 0 Å². The van der Waals surface area contributed by atoms with Gasteiger partial charge in [-0.3, -0.25) is 9.88 Å². The van der Waals surface area contributed by atoms with Gasteiger partial charge in [0.25, 0.3) is 0 Å². The molecule has 1 aromatic carbocycles. The molecule has 1 fully saturated rings. The lowest BCUT2D eigenvalue weighted by atomic mass is 9.98. The number of rotatable bonds is 5. The molecule has 1 aromatic heterocycles. The van der Waals surface area contributed by atoms with Crippen LogP contribution in [0.25, 0.3) is 10.8 Å². The van der Waals surface area contributed by atoms with E-state index in [0.717, 1.165) is 18.6 Å². The zero-order valence-corrected chi connectivity index (χ0v) is 15.0. The summed E-state index contributed by atoms with van der Waals surface area (Å²) in [5.74, 6) is 0.465. The second-order valence-corrected chi connectivity index (χ2v) is 7.24. The summed E-state index contributed by atoms with van der Waals surface area (Å²) in [5.41, 5.74) is 2.62. The van der Waals surface area contributed by atoms with Crippen LogP contribution in [0, 0.1) is 0 Å². The van der Waals surface area contributed by atoms with E-state index in [4.69, 9.17) is 4.98 Å². The van der Waals surface area contributed by atoms with Crippen molar-refractivity contribution in [2.75, 3.05) is 0 Å². The molecule has 0 aliphatic carbocycles. The molecule has 0 bridgehead atoms. The predicted molar refractivity (Wildman–Crippen MR) is 98.8 cm³/mol. The molecule has 2 heterocycles. The van der Waals surface area contributed by atoms with Crippen LogP contribution in [0.5, 0.6) is 0 Å². The van der Waals surface area contributed by atoms with Crippen LogP contribution in [-0.4, -0.2) is 22.0 Å². The fourth-order valence-corrected chi connectivity index (χ4v) is 4.21. The van der Waals surface area contributed by atoms with Crippen molar-refractivity contribution in [2.24, 2.45) is 0 Å². The quantitative estimate of drug-likeness (QED) is 0.723. The first-order valence-corrected chi connectivity index (χ1v) is 9.27. The van der Waals surface area contributed by atoms with Crippen molar-refractivity contribution in [3.8, 4) is 0 Å². The highest BCUT2D eigenvalue weighted by molar-refractivity contribution is 5.87. The lowest BCUT2D eigenvalue weighted by molar-refractivity contribution is 0.176. The van der Waals surface area contributed by atoms with E-state index in [0.29, 0.717) is 5.92 Å². The molecule has 2 nitrogen and oxygen atoms in total. The molecule has 2 heteroatoms. The Hall–Kier alpha value is -1.41. The minimum absolute atomic E-state index is 0.465. The van der Waals surface area contributed by atoms with Gasteiger partial charge >= 0.3 is 0 Å². The Labute approximate surface area is 140 Å². The Kier molecular flexibility index (Phi) is 5.01. The summed E-state index contributed by atoms with van der Waals surface area (Å²) < 4.78 is 0. The number of hydrogen-bond donors (Lipinski definition) is 0. The third-order valence-electron chi connectivity index (χ3n) is 5.52. The minimum atomic E-state index is 0.465. The first-order valence-electron chi connectivity index (χ1n) is 9.27. The highest BCUT2D eigenvalue weighted by Gasteiger charge is 2.31. The zero-order chi connectivity index (χ0) is 16.4. The molecule has 0 saturated carbocycles. The van der Waals surface area contributed by atoms with Crippen molar-refractivity contribution in [1.82, 2.24) is 9.88 Å². The van der Waals surface area contributed by atoms with Crippen LogP contribution >= 0.6 is 0 Å². The third kappa shape index (κ3) is 3.14. The average Bonchev–Trinajstić information content (AvgIpc) is 2.96. The summed E-state index contributed by atoms with van der Waals surface area (Å²) in [5, 5.41) is 2.73. The van der Waals surface area contributed by atoms with E-state index in [1.165, 1.54) is 47.7 Å². The van der Waals surface area contributed by atoms with E-state index in [2.05, 4.69) is 63.1 Å². The molecule has 2 aromatic rings. The summed E-state index contributed by atoms with van der Waals surface area (Å²) >= 11 is 0. The van der Waals surface area contributed by atoms with Gasteiger partial charge in [0, 0.05) is 30.2 Å². The monoisotopic (exact) mass is 310 g/mol. The Bertz CT molecular complexity index is 650. The second kappa shape index (κ2) is 7.00. The molecule has 0 N–H and O–H groups in total. The van der Waals surface area contributed by atoms with E-state index in [-0.39, 0.29) is 0 Å². The van der Waals surface area contributed by atoms with Crippen LogP contribution in [0.4, 0.5) is 0 Å². The van der Waals surface area contributed by atoms with E-state index in [1.807, 2.05) is 0 Å². The maximum atomic E-state index is 4.82. The summed E-state index contributed by atoms with van der Waals surface area (Å²) in [6.07, 6.45) is 7.35. The van der Waals surface area contributed by atoms with Crippen molar-refractivity contribution in [1.29, 1.82) is 0 Å². The van der Waals surface area contributed by atoms with E-state index in [1.54, 1.807) is 0 Å². The molecular formula is C21H30N2. The normalized spacial score (nSPS) is 22.3. The van der Waals surface area contributed by atoms with Gasteiger partial charge < -0.3 is 0 Å². The second-order valence-electron chi connectivity index (χ2n) is 7.24. The van der Waals surface area contributed by atoms with Crippen molar-refractivity contribution in [3.05, 3.63) is 41.7 Å². The molecule has 1 saturated heterocycles. The summed E-state index contributed by atoms with van der Waals surface area (Å²) in [7, 11) is 0. The molecule has 2 unspecified atom stereocenters. The number of likely N-dealkylation sites (tertiary alicyclic amines) is 1. The van der Waals surface area contributed by atoms with Crippen molar-refractivity contribution >= 4 is 10.8 Å². The highest BCUT2D eigenvalue weighted by atomic mass is 15.2. The average molecular weight is 310 g/mol. The number of pyridine rings is 1. The topological polar surface area (TPSA) is 16.1 Å². The number of nitrogens with zero attached hydrogens (tertiary/aromatic N) is 2. The Balaban J connectivity index is 1.99. The molecular weight excluding hydrogens is 280 g/mol. The fraction of sp³-hybridized carbons (Fsp3) is 0.571. The molecule has 1 aliphatic rings. The molecule has 0 spiro atoms. The van der Waals surface area contributed by atoms with Crippen LogP contribution < -0.4 is 0 Å². The standard InChI is InChI=1S/C21H30N2/c1-5-17-11-12-18(6-2)23(17)14-16-13-22-21(15(3)4)20-10-8-7-9-19(16)20/h7-10,13,15,17-18H,5-6,11-12,14H2,1-4H3. The molecule has 2 atom stereocenters. The van der Waals surface area contributed by atoms with Crippen molar-refractivity contribution in [2.45, 2.75) is 77.9 Å². The van der Waals surface area contributed by atoms with Crippen LogP contribution in [0.1, 0.15) is 70.6 Å². The Morgan fingerprint density at radius 3 is 2.22 bits per heavy atom. The first-order chi connectivity index (χ1) is 11.2. The Morgan fingerprint density at radius 2 is 1.65 bits per heavy atom. The van der Waals surface area contributed by atoms with E-state index < -0.39 is 0 Å². The van der Waals surface area contributed by atoms with E-state index in [9.17, 15) is 0 Å². The molecule has 0 radical (unpaired) electrons. The smallest absolute Gasteiger partial charge is 0.0507 e. The van der Waals surface area contributed by atoms with Crippen LogP contribution in [-0.2, 0) is 6.54 Å². The maximum absolute atomic E-state index is 4.82. The number of fused-ring (bicyclic) bond motifs is 1. The number of benzene rings is 1. The lowest BCUT2D eigenvalue weighted by Gasteiger charge is -2.29. The number of aromatic nitrogens is 1. The van der Waals surface area contributed by atoms with Crippen molar-refractivity contribution in [3.63, 3.8) is 0 Å². The highest BCUT2D eigenvalue weighted by Crippen LogP contribution is 2.32. The van der Waals surface area contributed by atoms with Crippen molar-refractivity contribution < 1.29 is 0 Å². The summed E-state index contributed by atoms with van der Waals surface area (Å²) in [4.78, 5) is 7.56. The summed E-state index contributed by atoms with van der Waals surface area (Å²) in [6.45, 7) is 10.2. The van der Waals surface area contributed by atoms with E-state index >= 15 is 0 Å².